The van der Waals surface area contributed by atoms with Crippen LogP contribution in [0, 0.1) is 5.82 Å². The molecule has 0 atom stereocenters. The molecule has 3 aromatic rings. The Kier molecular flexibility index (Phi) is 5.56. The molecule has 0 bridgehead atoms. The van der Waals surface area contributed by atoms with E-state index < -0.39 is 11.7 Å². The second-order valence-corrected chi connectivity index (χ2v) is 7.31. The van der Waals surface area contributed by atoms with E-state index in [-0.39, 0.29) is 11.6 Å². The first-order valence-electron chi connectivity index (χ1n) is 9.92. The molecule has 0 unspecified atom stereocenters. The van der Waals surface area contributed by atoms with E-state index in [0.29, 0.717) is 22.6 Å². The van der Waals surface area contributed by atoms with Crippen molar-refractivity contribution in [1.82, 2.24) is 14.8 Å². The van der Waals surface area contributed by atoms with Crippen molar-refractivity contribution >= 4 is 23.2 Å². The summed E-state index contributed by atoms with van der Waals surface area (Å²) >= 11 is 0. The van der Waals surface area contributed by atoms with Crippen LogP contribution in [0.2, 0.25) is 0 Å². The normalized spacial score (nSPS) is 13.3. The Hall–Kier alpha value is -3.55. The highest BCUT2D eigenvalue weighted by Gasteiger charge is 2.18. The molecule has 0 saturated carbocycles. The van der Waals surface area contributed by atoms with Crippen molar-refractivity contribution in [3.05, 3.63) is 59.7 Å². The number of aromatic nitrogens is 3. The Morgan fingerprint density at radius 3 is 2.73 bits per heavy atom. The Morgan fingerprint density at radius 2 is 1.90 bits per heavy atom. The predicted molar refractivity (Wildman–Crippen MR) is 112 cm³/mol. The summed E-state index contributed by atoms with van der Waals surface area (Å²) in [6.45, 7) is 2.21. The van der Waals surface area contributed by atoms with Gasteiger partial charge in [0.1, 0.15) is 11.6 Å². The number of rotatable bonds is 4. The Balaban J connectivity index is 1.60. The Labute approximate surface area is 173 Å². The lowest BCUT2D eigenvalue weighted by Gasteiger charge is -2.11. The first-order chi connectivity index (χ1) is 14.5. The van der Waals surface area contributed by atoms with Gasteiger partial charge in [0.15, 0.2) is 5.82 Å². The van der Waals surface area contributed by atoms with E-state index in [2.05, 4.69) is 25.4 Å². The van der Waals surface area contributed by atoms with Crippen molar-refractivity contribution in [2.45, 2.75) is 39.2 Å². The fourth-order valence-corrected chi connectivity index (χ4v) is 3.59. The van der Waals surface area contributed by atoms with Gasteiger partial charge in [0.05, 0.1) is 5.69 Å². The summed E-state index contributed by atoms with van der Waals surface area (Å²) in [7, 11) is 0. The smallest absolute Gasteiger partial charge is 0.255 e. The molecule has 2 aromatic carbocycles. The molecule has 2 heterocycles. The van der Waals surface area contributed by atoms with Crippen LogP contribution in [0.5, 0.6) is 0 Å². The lowest BCUT2D eigenvalue weighted by Crippen LogP contribution is -2.14. The van der Waals surface area contributed by atoms with Crippen LogP contribution in [0.1, 0.15) is 42.4 Å². The number of anilines is 2. The summed E-state index contributed by atoms with van der Waals surface area (Å²) in [6.07, 6.45) is 4.15. The van der Waals surface area contributed by atoms with E-state index in [0.717, 1.165) is 38.1 Å². The molecule has 2 amide bonds. The lowest BCUT2D eigenvalue weighted by atomic mass is 10.1. The largest absolute Gasteiger partial charge is 0.326 e. The molecular weight excluding hydrogens is 385 g/mol. The lowest BCUT2D eigenvalue weighted by molar-refractivity contribution is -0.114. The van der Waals surface area contributed by atoms with Gasteiger partial charge in [-0.25, -0.2) is 4.39 Å². The van der Waals surface area contributed by atoms with Crippen LogP contribution in [0.4, 0.5) is 15.8 Å². The average Bonchev–Trinajstić information content (AvgIpc) is 2.97. The van der Waals surface area contributed by atoms with Crippen molar-refractivity contribution in [2.75, 3.05) is 10.6 Å². The second-order valence-electron chi connectivity index (χ2n) is 7.31. The molecular formula is C22H22FN5O2. The van der Waals surface area contributed by atoms with Crippen LogP contribution >= 0.6 is 0 Å². The van der Waals surface area contributed by atoms with Crippen molar-refractivity contribution in [3.63, 3.8) is 0 Å². The number of nitrogens with zero attached hydrogens (tertiary/aromatic N) is 3. The fourth-order valence-electron chi connectivity index (χ4n) is 3.59. The molecule has 0 saturated heterocycles. The van der Waals surface area contributed by atoms with Crippen LogP contribution in [-0.2, 0) is 17.8 Å². The molecule has 0 fully saturated rings. The van der Waals surface area contributed by atoms with Crippen LogP contribution in [0.25, 0.3) is 11.4 Å². The van der Waals surface area contributed by atoms with Crippen LogP contribution < -0.4 is 10.6 Å². The number of hydrogen-bond donors (Lipinski definition) is 2. The van der Waals surface area contributed by atoms with Gasteiger partial charge in [0, 0.05) is 36.7 Å². The van der Waals surface area contributed by atoms with Gasteiger partial charge in [0.2, 0.25) is 5.91 Å². The molecule has 1 aliphatic heterocycles. The molecule has 0 spiro atoms. The van der Waals surface area contributed by atoms with Gasteiger partial charge < -0.3 is 15.2 Å². The second kappa shape index (κ2) is 8.44. The number of aryl methyl sites for hydroxylation is 1. The topological polar surface area (TPSA) is 88.9 Å². The van der Waals surface area contributed by atoms with Gasteiger partial charge in [-0.1, -0.05) is 12.5 Å². The monoisotopic (exact) mass is 407 g/mol. The number of nitrogens with one attached hydrogen (secondary N) is 2. The van der Waals surface area contributed by atoms with Crippen molar-refractivity contribution in [2.24, 2.45) is 0 Å². The summed E-state index contributed by atoms with van der Waals surface area (Å²) in [6, 6.07) is 11.0. The molecule has 0 radical (unpaired) electrons. The van der Waals surface area contributed by atoms with E-state index in [9.17, 15) is 14.0 Å². The zero-order valence-corrected chi connectivity index (χ0v) is 16.6. The van der Waals surface area contributed by atoms with Gasteiger partial charge in [-0.15, -0.1) is 10.2 Å². The summed E-state index contributed by atoms with van der Waals surface area (Å²) in [4.78, 5) is 23.9. The number of carbonyl (C=O) groups excluding carboxylic acids is 2. The minimum absolute atomic E-state index is 0.0633. The molecule has 0 aliphatic carbocycles. The van der Waals surface area contributed by atoms with Crippen LogP contribution in [-0.4, -0.2) is 26.6 Å². The average molecular weight is 407 g/mol. The highest BCUT2D eigenvalue weighted by atomic mass is 19.1. The fraction of sp³-hybridized carbons (Fsp3) is 0.273. The Morgan fingerprint density at radius 1 is 1.03 bits per heavy atom. The summed E-state index contributed by atoms with van der Waals surface area (Å²) in [5.74, 6) is 0.361. The molecule has 1 aromatic heterocycles. The minimum atomic E-state index is -0.541. The van der Waals surface area contributed by atoms with E-state index >= 15 is 0 Å². The number of carbonyl (C=O) groups is 2. The third kappa shape index (κ3) is 4.22. The van der Waals surface area contributed by atoms with Gasteiger partial charge >= 0.3 is 0 Å². The third-order valence-electron chi connectivity index (χ3n) is 5.03. The number of hydrogen-bond acceptors (Lipinski definition) is 4. The minimum Gasteiger partial charge on any atom is -0.326 e. The molecule has 7 nitrogen and oxygen atoms in total. The van der Waals surface area contributed by atoms with Crippen molar-refractivity contribution < 1.29 is 14.0 Å². The molecule has 2 N–H and O–H groups in total. The summed E-state index contributed by atoms with van der Waals surface area (Å²) < 4.78 is 16.5. The molecule has 30 heavy (non-hydrogen) atoms. The summed E-state index contributed by atoms with van der Waals surface area (Å²) in [5.41, 5.74) is 1.56. The zero-order valence-electron chi connectivity index (χ0n) is 16.6. The first-order valence-corrected chi connectivity index (χ1v) is 9.92. The maximum atomic E-state index is 14.4. The van der Waals surface area contributed by atoms with Gasteiger partial charge in [-0.3, -0.25) is 9.59 Å². The summed E-state index contributed by atoms with van der Waals surface area (Å²) in [5, 5.41) is 13.8. The van der Waals surface area contributed by atoms with Crippen LogP contribution in [0.15, 0.2) is 42.5 Å². The van der Waals surface area contributed by atoms with E-state index in [1.165, 1.54) is 19.1 Å². The maximum Gasteiger partial charge on any atom is 0.255 e. The quantitative estimate of drug-likeness (QED) is 0.684. The van der Waals surface area contributed by atoms with Gasteiger partial charge in [-0.05, 0) is 49.2 Å². The third-order valence-corrected chi connectivity index (χ3v) is 5.03. The van der Waals surface area contributed by atoms with Gasteiger partial charge in [-0.2, -0.15) is 0 Å². The number of fused-ring (bicyclic) bond motifs is 1. The molecule has 4 rings (SSSR count). The van der Waals surface area contributed by atoms with Crippen LogP contribution in [0.3, 0.4) is 0 Å². The molecule has 154 valence electrons. The SMILES string of the molecule is CC(=O)Nc1cccc(C(=O)Nc2cc(-c3nnc4n3CCCCC4)ccc2F)c1. The molecule has 1 aliphatic rings. The standard InChI is InChI=1S/C22H22FN5O2/c1-14(29)24-17-7-5-6-16(12-17)22(30)25-19-13-15(9-10-18(19)23)21-27-26-20-8-3-2-4-11-28(20)21/h5-7,9-10,12-13H,2-4,8,11H2,1H3,(H,24,29)(H,25,30). The highest BCUT2D eigenvalue weighted by molar-refractivity contribution is 6.05. The number of halogens is 1. The number of benzene rings is 2. The zero-order chi connectivity index (χ0) is 21.1. The van der Waals surface area contributed by atoms with E-state index in [4.69, 9.17) is 0 Å². The number of amides is 2. The highest BCUT2D eigenvalue weighted by Crippen LogP contribution is 2.27. The Bertz CT molecular complexity index is 1110. The first kappa shape index (κ1) is 19.8. The van der Waals surface area contributed by atoms with Crippen molar-refractivity contribution in [3.8, 4) is 11.4 Å². The molecule has 8 heteroatoms. The van der Waals surface area contributed by atoms with Gasteiger partial charge in [0.25, 0.3) is 5.91 Å². The van der Waals surface area contributed by atoms with E-state index in [1.807, 2.05) is 0 Å². The maximum absolute atomic E-state index is 14.4. The van der Waals surface area contributed by atoms with Crippen molar-refractivity contribution in [1.29, 1.82) is 0 Å². The predicted octanol–water partition coefficient (Wildman–Crippen LogP) is 4.02. The van der Waals surface area contributed by atoms with E-state index in [1.54, 1.807) is 30.3 Å².